The largest absolute Gasteiger partial charge is 0.358 e. The molecule has 2 aromatic rings. The van der Waals surface area contributed by atoms with Gasteiger partial charge in [0.25, 0.3) is 11.8 Å². The Morgan fingerprint density at radius 1 is 1.25 bits per heavy atom. The van der Waals surface area contributed by atoms with Crippen molar-refractivity contribution < 1.29 is 14.0 Å². The SMILES string of the molecule is CCN(CC)CCNC(=O)c1c(C)[nH]c2c1C(C)(C)C/C2=C1/C(=O)Nc2ccc(F)cc21. The van der Waals surface area contributed by atoms with Gasteiger partial charge in [-0.15, -0.1) is 0 Å². The number of allylic oxidation sites excluding steroid dienone is 1. The minimum atomic E-state index is -0.383. The fourth-order valence-corrected chi connectivity index (χ4v) is 5.04. The molecular weight excluding hydrogens is 407 g/mol. The van der Waals surface area contributed by atoms with Gasteiger partial charge < -0.3 is 20.5 Å². The zero-order valence-corrected chi connectivity index (χ0v) is 19.4. The number of anilines is 1. The van der Waals surface area contributed by atoms with Gasteiger partial charge in [0.2, 0.25) is 0 Å². The summed E-state index contributed by atoms with van der Waals surface area (Å²) in [5.41, 5.74) is 5.33. The van der Waals surface area contributed by atoms with Crippen LogP contribution < -0.4 is 10.6 Å². The Labute approximate surface area is 188 Å². The lowest BCUT2D eigenvalue weighted by atomic mass is 9.83. The number of nitrogens with zero attached hydrogens (tertiary/aromatic N) is 1. The van der Waals surface area contributed by atoms with Crippen molar-refractivity contribution in [2.24, 2.45) is 0 Å². The topological polar surface area (TPSA) is 77.2 Å². The van der Waals surface area contributed by atoms with Crippen LogP contribution in [-0.2, 0) is 10.2 Å². The van der Waals surface area contributed by atoms with E-state index in [1.807, 2.05) is 6.92 Å². The predicted octanol–water partition coefficient (Wildman–Crippen LogP) is 4.08. The van der Waals surface area contributed by atoms with Crippen LogP contribution in [0.1, 0.15) is 67.0 Å². The summed E-state index contributed by atoms with van der Waals surface area (Å²) in [5, 5.41) is 5.91. The minimum absolute atomic E-state index is 0.103. The summed E-state index contributed by atoms with van der Waals surface area (Å²) in [7, 11) is 0. The summed E-state index contributed by atoms with van der Waals surface area (Å²) >= 11 is 0. The molecule has 2 amide bonds. The lowest BCUT2D eigenvalue weighted by molar-refractivity contribution is -0.110. The number of hydrogen-bond acceptors (Lipinski definition) is 3. The van der Waals surface area contributed by atoms with Gasteiger partial charge in [-0.1, -0.05) is 27.7 Å². The van der Waals surface area contributed by atoms with Gasteiger partial charge in [-0.3, -0.25) is 9.59 Å². The number of carbonyl (C=O) groups is 2. The Kier molecular flexibility index (Phi) is 5.71. The third kappa shape index (κ3) is 3.64. The van der Waals surface area contributed by atoms with Gasteiger partial charge in [0.05, 0.1) is 11.1 Å². The maximum Gasteiger partial charge on any atom is 0.256 e. The number of likely N-dealkylation sites (N-methyl/N-ethyl adjacent to an activating group) is 1. The van der Waals surface area contributed by atoms with Crippen LogP contribution >= 0.6 is 0 Å². The van der Waals surface area contributed by atoms with Gasteiger partial charge in [-0.2, -0.15) is 0 Å². The molecule has 32 heavy (non-hydrogen) atoms. The second-order valence-corrected chi connectivity index (χ2v) is 9.22. The number of aromatic amines is 1. The Hall–Kier alpha value is -2.93. The normalized spacial score (nSPS) is 18.7. The summed E-state index contributed by atoms with van der Waals surface area (Å²) < 4.78 is 14.0. The predicted molar refractivity (Wildman–Crippen MR) is 125 cm³/mol. The van der Waals surface area contributed by atoms with E-state index in [0.717, 1.165) is 42.2 Å². The van der Waals surface area contributed by atoms with Crippen molar-refractivity contribution >= 4 is 28.6 Å². The molecule has 1 aromatic heterocycles. The molecule has 2 aliphatic rings. The van der Waals surface area contributed by atoms with Crippen LogP contribution in [0.4, 0.5) is 10.1 Å². The first-order valence-electron chi connectivity index (χ1n) is 11.3. The lowest BCUT2D eigenvalue weighted by Crippen LogP contribution is -2.35. The Morgan fingerprint density at radius 3 is 2.66 bits per heavy atom. The minimum Gasteiger partial charge on any atom is -0.358 e. The van der Waals surface area contributed by atoms with Crippen LogP contribution in [0.25, 0.3) is 11.1 Å². The van der Waals surface area contributed by atoms with Crippen LogP contribution in [0.15, 0.2) is 18.2 Å². The molecule has 0 spiro atoms. The molecule has 0 saturated heterocycles. The highest BCUT2D eigenvalue weighted by Gasteiger charge is 2.43. The van der Waals surface area contributed by atoms with E-state index in [9.17, 15) is 14.0 Å². The average Bonchev–Trinajstić information content (AvgIpc) is 3.33. The van der Waals surface area contributed by atoms with E-state index in [0.29, 0.717) is 35.4 Å². The summed E-state index contributed by atoms with van der Waals surface area (Å²) in [4.78, 5) is 31.7. The smallest absolute Gasteiger partial charge is 0.256 e. The van der Waals surface area contributed by atoms with Crippen molar-refractivity contribution in [3.05, 3.63) is 52.1 Å². The number of nitrogens with one attached hydrogen (secondary N) is 3. The fourth-order valence-electron chi connectivity index (χ4n) is 5.04. The van der Waals surface area contributed by atoms with Crippen LogP contribution in [0.3, 0.4) is 0 Å². The summed E-state index contributed by atoms with van der Waals surface area (Å²) in [6, 6.07) is 4.33. The number of carbonyl (C=O) groups excluding carboxylic acids is 2. The summed E-state index contributed by atoms with van der Waals surface area (Å²) in [5.74, 6) is -0.720. The van der Waals surface area contributed by atoms with Crippen LogP contribution in [0.2, 0.25) is 0 Å². The van der Waals surface area contributed by atoms with Gasteiger partial charge >= 0.3 is 0 Å². The van der Waals surface area contributed by atoms with E-state index in [-0.39, 0.29) is 23.0 Å². The molecule has 0 unspecified atom stereocenters. The maximum atomic E-state index is 14.0. The highest BCUT2D eigenvalue weighted by molar-refractivity contribution is 6.37. The van der Waals surface area contributed by atoms with Gasteiger partial charge in [-0.05, 0) is 61.2 Å². The zero-order valence-electron chi connectivity index (χ0n) is 19.4. The number of halogens is 1. The molecular formula is C25H31FN4O2. The highest BCUT2D eigenvalue weighted by atomic mass is 19.1. The molecule has 1 aromatic carbocycles. The number of aryl methyl sites for hydroxylation is 1. The quantitative estimate of drug-likeness (QED) is 0.595. The molecule has 1 aliphatic heterocycles. The second-order valence-electron chi connectivity index (χ2n) is 9.22. The number of amides is 2. The monoisotopic (exact) mass is 438 g/mol. The Morgan fingerprint density at radius 2 is 1.97 bits per heavy atom. The van der Waals surface area contributed by atoms with E-state index in [2.05, 4.69) is 48.2 Å². The fraction of sp³-hybridized carbons (Fsp3) is 0.440. The van der Waals surface area contributed by atoms with E-state index >= 15 is 0 Å². The highest BCUT2D eigenvalue weighted by Crippen LogP contribution is 2.51. The van der Waals surface area contributed by atoms with Crippen molar-refractivity contribution in [2.45, 2.75) is 46.5 Å². The van der Waals surface area contributed by atoms with E-state index < -0.39 is 0 Å². The zero-order chi connectivity index (χ0) is 23.2. The first-order valence-corrected chi connectivity index (χ1v) is 11.3. The Balaban J connectivity index is 1.74. The second kappa shape index (κ2) is 8.20. The number of fused-ring (bicyclic) bond motifs is 2. The van der Waals surface area contributed by atoms with E-state index in [1.165, 1.54) is 12.1 Å². The number of H-pyrrole nitrogens is 1. The third-order valence-corrected chi connectivity index (χ3v) is 6.65. The van der Waals surface area contributed by atoms with Crippen LogP contribution in [0, 0.1) is 12.7 Å². The standard InChI is InChI=1S/C25H31FN4O2/c1-6-30(7-2)11-10-27-23(31)19-14(3)28-22-17(13-25(4,5)21(19)22)20-16-12-15(26)8-9-18(16)29-24(20)32/h8-9,12,28H,6-7,10-11,13H2,1-5H3,(H,27,31)(H,29,32)/b20-17-. The number of benzene rings is 1. The Bertz CT molecular complexity index is 1130. The van der Waals surface area contributed by atoms with Gasteiger partial charge in [-0.25, -0.2) is 4.39 Å². The molecule has 0 saturated carbocycles. The van der Waals surface area contributed by atoms with Crippen LogP contribution in [-0.4, -0.2) is 47.9 Å². The van der Waals surface area contributed by atoms with E-state index in [4.69, 9.17) is 0 Å². The molecule has 3 N–H and O–H groups in total. The first kappa shape index (κ1) is 22.3. The molecule has 7 heteroatoms. The van der Waals surface area contributed by atoms with Crippen molar-refractivity contribution in [1.29, 1.82) is 0 Å². The molecule has 0 fully saturated rings. The van der Waals surface area contributed by atoms with Crippen molar-refractivity contribution in [3.63, 3.8) is 0 Å². The van der Waals surface area contributed by atoms with Gasteiger partial charge in [0, 0.05) is 35.7 Å². The summed E-state index contributed by atoms with van der Waals surface area (Å²) in [6.07, 6.45) is 0.590. The van der Waals surface area contributed by atoms with Crippen molar-refractivity contribution in [3.8, 4) is 0 Å². The van der Waals surface area contributed by atoms with Crippen molar-refractivity contribution in [1.82, 2.24) is 15.2 Å². The molecule has 1 aliphatic carbocycles. The third-order valence-electron chi connectivity index (χ3n) is 6.65. The first-order chi connectivity index (χ1) is 15.2. The number of aromatic nitrogens is 1. The molecule has 2 heterocycles. The van der Waals surface area contributed by atoms with Crippen LogP contribution in [0.5, 0.6) is 0 Å². The number of rotatable bonds is 6. The van der Waals surface area contributed by atoms with Crippen molar-refractivity contribution in [2.75, 3.05) is 31.5 Å². The van der Waals surface area contributed by atoms with Gasteiger partial charge in [0.15, 0.2) is 0 Å². The summed E-state index contributed by atoms with van der Waals surface area (Å²) in [6.45, 7) is 13.5. The molecule has 170 valence electrons. The lowest BCUT2D eigenvalue weighted by Gasteiger charge is -2.21. The molecule has 6 nitrogen and oxygen atoms in total. The molecule has 0 atom stereocenters. The maximum absolute atomic E-state index is 14.0. The molecule has 4 rings (SSSR count). The molecule has 0 bridgehead atoms. The number of hydrogen-bond donors (Lipinski definition) is 3. The average molecular weight is 439 g/mol. The molecule has 0 radical (unpaired) electrons. The van der Waals surface area contributed by atoms with Gasteiger partial charge in [0.1, 0.15) is 5.82 Å². The van der Waals surface area contributed by atoms with E-state index in [1.54, 1.807) is 6.07 Å².